The molecule has 0 saturated carbocycles. The van der Waals surface area contributed by atoms with E-state index in [0.29, 0.717) is 21.4 Å². The van der Waals surface area contributed by atoms with Crippen molar-refractivity contribution in [2.24, 2.45) is 0 Å². The zero-order valence-electron chi connectivity index (χ0n) is 12.4. The van der Waals surface area contributed by atoms with Crippen LogP contribution in [0.5, 0.6) is 0 Å². The average Bonchev–Trinajstić information content (AvgIpc) is 2.76. The number of nitrogens with one attached hydrogen (secondary N) is 1. The Morgan fingerprint density at radius 2 is 1.58 bits per heavy atom. The van der Waals surface area contributed by atoms with Gasteiger partial charge in [0.25, 0.3) is 11.8 Å². The molecule has 1 N–H and O–H groups in total. The van der Waals surface area contributed by atoms with E-state index in [1.807, 2.05) is 6.92 Å². The van der Waals surface area contributed by atoms with Gasteiger partial charge in [-0.2, -0.15) is 0 Å². The molecule has 0 bridgehead atoms. The molecule has 0 aliphatic carbocycles. The van der Waals surface area contributed by atoms with Crippen molar-refractivity contribution in [1.82, 2.24) is 0 Å². The Bertz CT molecular complexity index is 876. The van der Waals surface area contributed by atoms with E-state index in [1.54, 1.807) is 42.5 Å². The summed E-state index contributed by atoms with van der Waals surface area (Å²) in [6.07, 6.45) is 0. The van der Waals surface area contributed by atoms with Crippen LogP contribution in [0.3, 0.4) is 0 Å². The molecule has 0 unspecified atom stereocenters. The third-order valence-electron chi connectivity index (χ3n) is 3.55. The zero-order valence-corrected chi connectivity index (χ0v) is 14.7. The van der Waals surface area contributed by atoms with Crippen molar-refractivity contribution in [2.45, 2.75) is 6.92 Å². The lowest BCUT2D eigenvalue weighted by Crippen LogP contribution is -2.32. The Balaban J connectivity index is 1.92. The Morgan fingerprint density at radius 3 is 2.21 bits per heavy atom. The molecule has 4 nitrogen and oxygen atoms in total. The monoisotopic (exact) mass is 380 g/mol. The molecule has 7 heteroatoms. The Morgan fingerprint density at radius 1 is 0.917 bits per heavy atom. The largest absolute Gasteiger partial charge is 0.350 e. The van der Waals surface area contributed by atoms with E-state index in [0.717, 1.165) is 10.5 Å². The van der Waals surface area contributed by atoms with Gasteiger partial charge in [-0.1, -0.05) is 40.9 Å². The van der Waals surface area contributed by atoms with Gasteiger partial charge in [0.1, 0.15) is 10.7 Å². The van der Waals surface area contributed by atoms with Crippen molar-refractivity contribution >= 4 is 58.0 Å². The third-order valence-corrected chi connectivity index (χ3v) is 4.56. The molecule has 0 radical (unpaired) electrons. The molecule has 0 aromatic heterocycles. The van der Waals surface area contributed by atoms with Crippen molar-refractivity contribution in [3.05, 3.63) is 68.8 Å². The summed E-state index contributed by atoms with van der Waals surface area (Å²) < 4.78 is 0. The van der Waals surface area contributed by atoms with E-state index < -0.39 is 11.8 Å². The summed E-state index contributed by atoms with van der Waals surface area (Å²) in [5.41, 5.74) is 1.82. The predicted molar refractivity (Wildman–Crippen MR) is 96.6 cm³/mol. The van der Waals surface area contributed by atoms with E-state index in [-0.39, 0.29) is 10.7 Å². The molecule has 24 heavy (non-hydrogen) atoms. The van der Waals surface area contributed by atoms with Gasteiger partial charge < -0.3 is 5.32 Å². The van der Waals surface area contributed by atoms with Crippen LogP contribution >= 0.6 is 34.8 Å². The summed E-state index contributed by atoms with van der Waals surface area (Å²) in [6.45, 7) is 1.83. The summed E-state index contributed by atoms with van der Waals surface area (Å²) >= 11 is 18.0. The number of aryl methyl sites for hydroxylation is 1. The minimum absolute atomic E-state index is 0.0145. The molecule has 0 atom stereocenters. The second-order valence-corrected chi connectivity index (χ2v) is 6.42. The molecule has 0 saturated heterocycles. The summed E-state index contributed by atoms with van der Waals surface area (Å²) in [4.78, 5) is 26.0. The van der Waals surface area contributed by atoms with E-state index in [2.05, 4.69) is 5.32 Å². The number of anilines is 2. The fraction of sp³-hybridized carbons (Fsp3) is 0.0588. The zero-order chi connectivity index (χ0) is 17.4. The van der Waals surface area contributed by atoms with E-state index >= 15 is 0 Å². The van der Waals surface area contributed by atoms with Crippen molar-refractivity contribution in [2.75, 3.05) is 10.2 Å². The first-order chi connectivity index (χ1) is 11.4. The number of carbonyl (C=O) groups is 2. The number of imide groups is 1. The maximum Gasteiger partial charge on any atom is 0.283 e. The number of amides is 2. The molecule has 0 fully saturated rings. The van der Waals surface area contributed by atoms with Crippen LogP contribution in [-0.2, 0) is 9.59 Å². The van der Waals surface area contributed by atoms with Gasteiger partial charge in [-0.25, -0.2) is 4.90 Å². The Kier molecular flexibility index (Phi) is 4.54. The van der Waals surface area contributed by atoms with Crippen molar-refractivity contribution in [3.63, 3.8) is 0 Å². The maximum absolute atomic E-state index is 12.6. The highest BCUT2D eigenvalue weighted by molar-refractivity contribution is 6.53. The van der Waals surface area contributed by atoms with E-state index in [1.165, 1.54) is 0 Å². The lowest BCUT2D eigenvalue weighted by molar-refractivity contribution is -0.120. The van der Waals surface area contributed by atoms with Gasteiger partial charge in [-0.05, 0) is 48.9 Å². The quantitative estimate of drug-likeness (QED) is 0.781. The normalized spacial score (nSPS) is 14.6. The van der Waals surface area contributed by atoms with Crippen LogP contribution in [-0.4, -0.2) is 11.8 Å². The Labute approximate surface area is 153 Å². The SMILES string of the molecule is Cc1ccc(N2C(=O)C(Cl)=C(Nc3ccc(Cl)cc3)C2=O)cc1Cl. The Hall–Kier alpha value is -2.01. The first-order valence-electron chi connectivity index (χ1n) is 6.96. The number of halogens is 3. The van der Waals surface area contributed by atoms with Gasteiger partial charge in [-0.3, -0.25) is 9.59 Å². The first kappa shape index (κ1) is 16.8. The predicted octanol–water partition coefficient (Wildman–Crippen LogP) is 4.74. The smallest absolute Gasteiger partial charge is 0.283 e. The molecule has 122 valence electrons. The van der Waals surface area contributed by atoms with E-state index in [4.69, 9.17) is 34.8 Å². The van der Waals surface area contributed by atoms with E-state index in [9.17, 15) is 9.59 Å². The van der Waals surface area contributed by atoms with Crippen molar-refractivity contribution in [3.8, 4) is 0 Å². The highest BCUT2D eigenvalue weighted by Crippen LogP contribution is 2.32. The van der Waals surface area contributed by atoms with Crippen molar-refractivity contribution in [1.29, 1.82) is 0 Å². The number of benzene rings is 2. The highest BCUT2D eigenvalue weighted by Gasteiger charge is 2.39. The average molecular weight is 382 g/mol. The number of rotatable bonds is 3. The number of carbonyl (C=O) groups excluding carboxylic acids is 2. The molecule has 2 aromatic carbocycles. The van der Waals surface area contributed by atoms with Gasteiger partial charge in [0.2, 0.25) is 0 Å². The highest BCUT2D eigenvalue weighted by atomic mass is 35.5. The lowest BCUT2D eigenvalue weighted by atomic mass is 10.2. The lowest BCUT2D eigenvalue weighted by Gasteiger charge is -2.16. The van der Waals surface area contributed by atoms with Crippen LogP contribution in [0.4, 0.5) is 11.4 Å². The summed E-state index contributed by atoms with van der Waals surface area (Å²) in [6, 6.07) is 11.6. The van der Waals surface area contributed by atoms with Crippen LogP contribution in [0.15, 0.2) is 53.2 Å². The second-order valence-electron chi connectivity index (χ2n) is 5.20. The standard InChI is InChI=1S/C17H11Cl3N2O2/c1-9-2-7-12(8-13(9)19)22-16(23)14(20)15(17(22)24)21-11-5-3-10(18)4-6-11/h2-8,21H,1H3. The van der Waals surface area contributed by atoms with Gasteiger partial charge >= 0.3 is 0 Å². The molecule has 0 spiro atoms. The first-order valence-corrected chi connectivity index (χ1v) is 8.09. The fourth-order valence-electron chi connectivity index (χ4n) is 2.24. The van der Waals surface area contributed by atoms with Gasteiger partial charge in [0, 0.05) is 15.7 Å². The minimum Gasteiger partial charge on any atom is -0.350 e. The molecule has 1 aliphatic rings. The number of hydrogen-bond donors (Lipinski definition) is 1. The molecule has 1 heterocycles. The maximum atomic E-state index is 12.6. The molecular formula is C17H11Cl3N2O2. The number of nitrogens with zero attached hydrogens (tertiary/aromatic N) is 1. The molecule has 2 aromatic rings. The van der Waals surface area contributed by atoms with Crippen LogP contribution < -0.4 is 10.2 Å². The van der Waals surface area contributed by atoms with Crippen LogP contribution in [0.1, 0.15) is 5.56 Å². The van der Waals surface area contributed by atoms with Crippen LogP contribution in [0.2, 0.25) is 10.0 Å². The van der Waals surface area contributed by atoms with Gasteiger partial charge in [-0.15, -0.1) is 0 Å². The van der Waals surface area contributed by atoms with Crippen LogP contribution in [0, 0.1) is 6.92 Å². The minimum atomic E-state index is -0.599. The van der Waals surface area contributed by atoms with Crippen molar-refractivity contribution < 1.29 is 9.59 Å². The number of hydrogen-bond acceptors (Lipinski definition) is 3. The molecule has 2 amide bonds. The van der Waals surface area contributed by atoms with Gasteiger partial charge in [0.05, 0.1) is 5.69 Å². The summed E-state index contributed by atoms with van der Waals surface area (Å²) in [5, 5.41) is 3.72. The third kappa shape index (κ3) is 3.00. The van der Waals surface area contributed by atoms with Gasteiger partial charge in [0.15, 0.2) is 0 Å². The molecular weight excluding hydrogens is 371 g/mol. The molecule has 1 aliphatic heterocycles. The van der Waals surface area contributed by atoms with Crippen LogP contribution in [0.25, 0.3) is 0 Å². The summed E-state index contributed by atoms with van der Waals surface area (Å²) in [5.74, 6) is -1.14. The fourth-order valence-corrected chi connectivity index (χ4v) is 2.76. The second kappa shape index (κ2) is 6.48. The summed E-state index contributed by atoms with van der Waals surface area (Å²) in [7, 11) is 0. The topological polar surface area (TPSA) is 49.4 Å². The molecule has 3 rings (SSSR count).